The maximum Gasteiger partial charge on any atom is 0.253 e. The lowest BCUT2D eigenvalue weighted by molar-refractivity contribution is 0.0954. The molecule has 0 aliphatic carbocycles. The van der Waals surface area contributed by atoms with E-state index in [1.165, 1.54) is 0 Å². The minimum Gasteiger partial charge on any atom is -0.360 e. The van der Waals surface area contributed by atoms with Gasteiger partial charge in [0, 0.05) is 42.6 Å². The molecular formula is C16H18N4O. The summed E-state index contributed by atoms with van der Waals surface area (Å²) in [7, 11) is 0. The molecule has 5 nitrogen and oxygen atoms in total. The Morgan fingerprint density at radius 3 is 3.05 bits per heavy atom. The van der Waals surface area contributed by atoms with Crippen LogP contribution in [0.2, 0.25) is 0 Å². The zero-order chi connectivity index (χ0) is 14.5. The zero-order valence-electron chi connectivity index (χ0n) is 11.7. The summed E-state index contributed by atoms with van der Waals surface area (Å²) < 4.78 is 2.04. The number of nitrogens with zero attached hydrogens (tertiary/aromatic N) is 2. The SMILES string of the molecule is O=C(NCCCCn1ccnc1)c1c[nH]c2ccccc12. The van der Waals surface area contributed by atoms with Crippen LogP contribution in [-0.4, -0.2) is 27.0 Å². The van der Waals surface area contributed by atoms with E-state index in [2.05, 4.69) is 15.3 Å². The van der Waals surface area contributed by atoms with E-state index in [1.807, 2.05) is 41.4 Å². The Balaban J connectivity index is 1.48. The lowest BCUT2D eigenvalue weighted by Gasteiger charge is -2.05. The number of carbonyl (C=O) groups excluding carboxylic acids is 1. The van der Waals surface area contributed by atoms with Gasteiger partial charge in [-0.1, -0.05) is 18.2 Å². The van der Waals surface area contributed by atoms with Gasteiger partial charge in [0.05, 0.1) is 11.9 Å². The van der Waals surface area contributed by atoms with Gasteiger partial charge in [-0.2, -0.15) is 0 Å². The molecule has 1 amide bonds. The van der Waals surface area contributed by atoms with Crippen molar-refractivity contribution in [1.29, 1.82) is 0 Å². The molecule has 3 rings (SSSR count). The van der Waals surface area contributed by atoms with Crippen LogP contribution in [0.25, 0.3) is 10.9 Å². The van der Waals surface area contributed by atoms with Gasteiger partial charge in [-0.15, -0.1) is 0 Å². The second-order valence-electron chi connectivity index (χ2n) is 5.01. The standard InChI is InChI=1S/C16H18N4O/c21-16(14-11-19-15-6-2-1-5-13(14)15)18-7-3-4-9-20-10-8-17-12-20/h1-2,5-6,8,10-12,19H,3-4,7,9H2,(H,18,21). The third-order valence-corrected chi connectivity index (χ3v) is 3.52. The first-order valence-corrected chi connectivity index (χ1v) is 7.14. The predicted octanol–water partition coefficient (Wildman–Crippen LogP) is 2.57. The maximum atomic E-state index is 12.2. The van der Waals surface area contributed by atoms with Crippen molar-refractivity contribution in [1.82, 2.24) is 19.9 Å². The van der Waals surface area contributed by atoms with Crippen LogP contribution in [0.1, 0.15) is 23.2 Å². The lowest BCUT2D eigenvalue weighted by atomic mass is 10.1. The highest BCUT2D eigenvalue weighted by Gasteiger charge is 2.10. The summed E-state index contributed by atoms with van der Waals surface area (Å²) in [6, 6.07) is 7.83. The zero-order valence-corrected chi connectivity index (χ0v) is 11.7. The first-order valence-electron chi connectivity index (χ1n) is 7.14. The number of hydrogen-bond donors (Lipinski definition) is 2. The van der Waals surface area contributed by atoms with Gasteiger partial charge in [0.1, 0.15) is 0 Å². The summed E-state index contributed by atoms with van der Waals surface area (Å²) in [6.07, 6.45) is 9.27. The number of carbonyl (C=O) groups is 1. The van der Waals surface area contributed by atoms with Gasteiger partial charge in [-0.05, 0) is 18.9 Å². The van der Waals surface area contributed by atoms with Crippen LogP contribution in [0.4, 0.5) is 0 Å². The van der Waals surface area contributed by atoms with E-state index in [0.717, 1.165) is 30.3 Å². The molecule has 0 aliphatic heterocycles. The average Bonchev–Trinajstić information content (AvgIpc) is 3.16. The van der Waals surface area contributed by atoms with Crippen molar-refractivity contribution in [2.75, 3.05) is 6.54 Å². The molecule has 0 saturated heterocycles. The number of para-hydroxylation sites is 1. The first kappa shape index (κ1) is 13.4. The van der Waals surface area contributed by atoms with Gasteiger partial charge in [0.2, 0.25) is 0 Å². The lowest BCUT2D eigenvalue weighted by Crippen LogP contribution is -2.24. The molecule has 0 saturated carbocycles. The number of benzene rings is 1. The number of imidazole rings is 1. The van der Waals surface area contributed by atoms with E-state index in [4.69, 9.17) is 0 Å². The van der Waals surface area contributed by atoms with Crippen molar-refractivity contribution in [3.8, 4) is 0 Å². The summed E-state index contributed by atoms with van der Waals surface area (Å²) in [6.45, 7) is 1.62. The van der Waals surface area contributed by atoms with Gasteiger partial charge in [-0.3, -0.25) is 4.79 Å². The van der Waals surface area contributed by atoms with Crippen molar-refractivity contribution in [3.05, 3.63) is 54.7 Å². The van der Waals surface area contributed by atoms with Crippen LogP contribution >= 0.6 is 0 Å². The van der Waals surface area contributed by atoms with Crippen LogP contribution in [0, 0.1) is 0 Å². The first-order chi connectivity index (χ1) is 10.3. The number of rotatable bonds is 6. The van der Waals surface area contributed by atoms with Gasteiger partial charge >= 0.3 is 0 Å². The highest BCUT2D eigenvalue weighted by atomic mass is 16.1. The topological polar surface area (TPSA) is 62.7 Å². The molecule has 0 fully saturated rings. The Morgan fingerprint density at radius 2 is 2.19 bits per heavy atom. The Bertz CT molecular complexity index is 715. The van der Waals surface area contributed by atoms with E-state index in [1.54, 1.807) is 12.4 Å². The Kier molecular flexibility index (Phi) is 4.00. The van der Waals surface area contributed by atoms with Gasteiger partial charge in [-0.25, -0.2) is 4.98 Å². The van der Waals surface area contributed by atoms with Crippen LogP contribution in [0.15, 0.2) is 49.2 Å². The highest BCUT2D eigenvalue weighted by Crippen LogP contribution is 2.17. The molecule has 1 aromatic carbocycles. The minimum absolute atomic E-state index is 0.0184. The van der Waals surface area contributed by atoms with Crippen molar-refractivity contribution in [2.45, 2.75) is 19.4 Å². The van der Waals surface area contributed by atoms with E-state index < -0.39 is 0 Å². The number of aromatic amines is 1. The van der Waals surface area contributed by atoms with Crippen LogP contribution in [-0.2, 0) is 6.54 Å². The number of aryl methyl sites for hydroxylation is 1. The van der Waals surface area contributed by atoms with Crippen molar-refractivity contribution < 1.29 is 4.79 Å². The number of hydrogen-bond acceptors (Lipinski definition) is 2. The van der Waals surface area contributed by atoms with Crippen LogP contribution in [0.3, 0.4) is 0 Å². The van der Waals surface area contributed by atoms with Gasteiger partial charge < -0.3 is 14.9 Å². The monoisotopic (exact) mass is 282 g/mol. The van der Waals surface area contributed by atoms with Gasteiger partial charge in [0.25, 0.3) is 5.91 Å². The largest absolute Gasteiger partial charge is 0.360 e. The second-order valence-corrected chi connectivity index (χ2v) is 5.01. The molecule has 108 valence electrons. The Hall–Kier alpha value is -2.56. The molecule has 0 atom stereocenters. The summed E-state index contributed by atoms with van der Waals surface area (Å²) in [5, 5.41) is 3.94. The normalized spacial score (nSPS) is 10.9. The average molecular weight is 282 g/mol. The predicted molar refractivity (Wildman–Crippen MR) is 82.1 cm³/mol. The number of aromatic nitrogens is 3. The van der Waals surface area contributed by atoms with E-state index in [-0.39, 0.29) is 5.91 Å². The quantitative estimate of drug-likeness (QED) is 0.683. The van der Waals surface area contributed by atoms with Crippen LogP contribution < -0.4 is 5.32 Å². The van der Waals surface area contributed by atoms with Crippen molar-refractivity contribution in [3.63, 3.8) is 0 Å². The smallest absolute Gasteiger partial charge is 0.253 e. The van der Waals surface area contributed by atoms with Crippen LogP contribution in [0.5, 0.6) is 0 Å². The molecule has 2 aromatic heterocycles. The van der Waals surface area contributed by atoms with E-state index in [0.29, 0.717) is 12.1 Å². The molecule has 2 N–H and O–H groups in total. The fraction of sp³-hybridized carbons (Fsp3) is 0.250. The molecule has 3 aromatic rings. The number of H-pyrrole nitrogens is 1. The molecule has 5 heteroatoms. The third kappa shape index (κ3) is 3.13. The van der Waals surface area contributed by atoms with Gasteiger partial charge in [0.15, 0.2) is 0 Å². The number of fused-ring (bicyclic) bond motifs is 1. The Morgan fingerprint density at radius 1 is 1.29 bits per heavy atom. The number of nitrogens with one attached hydrogen (secondary N) is 2. The number of unbranched alkanes of at least 4 members (excludes halogenated alkanes) is 1. The summed E-state index contributed by atoms with van der Waals surface area (Å²) >= 11 is 0. The molecule has 0 unspecified atom stereocenters. The molecule has 21 heavy (non-hydrogen) atoms. The van der Waals surface area contributed by atoms with E-state index >= 15 is 0 Å². The minimum atomic E-state index is -0.0184. The molecule has 0 aliphatic rings. The van der Waals surface area contributed by atoms with Crippen molar-refractivity contribution in [2.24, 2.45) is 0 Å². The third-order valence-electron chi connectivity index (χ3n) is 3.52. The summed E-state index contributed by atoms with van der Waals surface area (Å²) in [5.74, 6) is -0.0184. The molecule has 0 spiro atoms. The fourth-order valence-corrected chi connectivity index (χ4v) is 2.39. The molecular weight excluding hydrogens is 264 g/mol. The molecule has 0 bridgehead atoms. The molecule has 2 heterocycles. The summed E-state index contributed by atoms with van der Waals surface area (Å²) in [4.78, 5) is 19.3. The summed E-state index contributed by atoms with van der Waals surface area (Å²) in [5.41, 5.74) is 1.70. The van der Waals surface area contributed by atoms with Crippen molar-refractivity contribution >= 4 is 16.8 Å². The number of amides is 1. The fourth-order valence-electron chi connectivity index (χ4n) is 2.39. The highest BCUT2D eigenvalue weighted by molar-refractivity contribution is 6.06. The van der Waals surface area contributed by atoms with E-state index in [9.17, 15) is 4.79 Å². The Labute approximate surface area is 123 Å². The molecule has 0 radical (unpaired) electrons. The maximum absolute atomic E-state index is 12.2. The second kappa shape index (κ2) is 6.26.